The molecule has 0 spiro atoms. The van der Waals surface area contributed by atoms with E-state index in [1.165, 1.54) is 30.2 Å². The van der Waals surface area contributed by atoms with E-state index in [1.807, 2.05) is 49.4 Å². The molecule has 1 aromatic rings. The fraction of sp³-hybridized carbons (Fsp3) is 0.318. The van der Waals surface area contributed by atoms with Gasteiger partial charge in [0.15, 0.2) is 0 Å². The maximum atomic E-state index is 12.5. The van der Waals surface area contributed by atoms with Gasteiger partial charge in [0.2, 0.25) is 0 Å². The maximum absolute atomic E-state index is 12.5. The molecule has 1 N–H and O–H groups in total. The third-order valence-corrected chi connectivity index (χ3v) is 6.27. The van der Waals surface area contributed by atoms with Crippen LogP contribution in [0.3, 0.4) is 0 Å². The zero-order valence-corrected chi connectivity index (χ0v) is 16.1. The van der Waals surface area contributed by atoms with Crippen molar-refractivity contribution in [2.24, 2.45) is 4.99 Å². The second-order valence-corrected chi connectivity index (χ2v) is 8.40. The van der Waals surface area contributed by atoms with Crippen molar-refractivity contribution >= 4 is 35.4 Å². The number of allylic oxidation sites excluding steroid dienone is 1. The molecule has 5 heteroatoms. The van der Waals surface area contributed by atoms with Gasteiger partial charge in [-0.05, 0) is 37.5 Å². The molecule has 0 bridgehead atoms. The normalized spacial score (nSPS) is 23.8. The van der Waals surface area contributed by atoms with Gasteiger partial charge in [-0.1, -0.05) is 54.8 Å². The lowest BCUT2D eigenvalue weighted by molar-refractivity contribution is -0.118. The Labute approximate surface area is 163 Å². The lowest BCUT2D eigenvalue weighted by Crippen LogP contribution is -2.35. The number of hydrogen-bond donors (Lipinski definition) is 1. The zero-order chi connectivity index (χ0) is 18.8. The summed E-state index contributed by atoms with van der Waals surface area (Å²) in [6.45, 7) is 2.04. The number of thioether (sulfide) groups is 1. The van der Waals surface area contributed by atoms with E-state index in [1.54, 1.807) is 6.08 Å². The molecule has 3 aliphatic rings. The average Bonchev–Trinajstić information content (AvgIpc) is 3.17. The molecule has 138 valence electrons. The van der Waals surface area contributed by atoms with Crippen LogP contribution >= 0.6 is 11.8 Å². The summed E-state index contributed by atoms with van der Waals surface area (Å²) in [7, 11) is 0. The molecule has 2 aliphatic carbocycles. The topological polar surface area (TPSA) is 58.5 Å². The summed E-state index contributed by atoms with van der Waals surface area (Å²) in [6.07, 6.45) is 11.9. The van der Waals surface area contributed by atoms with Crippen molar-refractivity contribution in [1.29, 1.82) is 0 Å². The van der Waals surface area contributed by atoms with E-state index in [-0.39, 0.29) is 23.1 Å². The average molecular weight is 378 g/mol. The predicted octanol–water partition coefficient (Wildman–Crippen LogP) is 3.97. The predicted molar refractivity (Wildman–Crippen MR) is 111 cm³/mol. The smallest absolute Gasteiger partial charge is 0.283 e. The van der Waals surface area contributed by atoms with Gasteiger partial charge in [0.1, 0.15) is 0 Å². The van der Waals surface area contributed by atoms with E-state index in [9.17, 15) is 9.59 Å². The van der Waals surface area contributed by atoms with Crippen LogP contribution in [0.4, 0.5) is 0 Å². The van der Waals surface area contributed by atoms with Crippen LogP contribution in [0.2, 0.25) is 0 Å². The van der Waals surface area contributed by atoms with Crippen LogP contribution in [0.25, 0.3) is 6.08 Å². The van der Waals surface area contributed by atoms with Gasteiger partial charge < -0.3 is 5.32 Å². The van der Waals surface area contributed by atoms with Crippen molar-refractivity contribution < 1.29 is 9.59 Å². The number of nitrogens with zero attached hydrogens (tertiary/aromatic N) is 1. The molecule has 1 atom stereocenters. The highest BCUT2D eigenvalue weighted by Crippen LogP contribution is 2.34. The van der Waals surface area contributed by atoms with E-state index in [0.29, 0.717) is 16.2 Å². The van der Waals surface area contributed by atoms with Gasteiger partial charge >= 0.3 is 0 Å². The summed E-state index contributed by atoms with van der Waals surface area (Å²) in [5.41, 5.74) is 3.41. The Kier molecular flexibility index (Phi) is 5.12. The van der Waals surface area contributed by atoms with E-state index < -0.39 is 0 Å². The Morgan fingerprint density at radius 3 is 2.70 bits per heavy atom. The van der Waals surface area contributed by atoms with Gasteiger partial charge in [0.25, 0.3) is 11.8 Å². The summed E-state index contributed by atoms with van der Waals surface area (Å²) in [6, 6.07) is 8.32. The molecule has 4 rings (SSSR count). The van der Waals surface area contributed by atoms with Gasteiger partial charge in [-0.2, -0.15) is 0 Å². The van der Waals surface area contributed by atoms with Gasteiger partial charge in [-0.3, -0.25) is 9.59 Å². The number of amides is 2. The van der Waals surface area contributed by atoms with Gasteiger partial charge in [0, 0.05) is 11.6 Å². The van der Waals surface area contributed by atoms with Crippen molar-refractivity contribution in [2.75, 3.05) is 0 Å². The number of carbonyl (C=O) groups excluding carboxylic acids is 2. The number of carbonyl (C=O) groups is 2. The fourth-order valence-corrected chi connectivity index (χ4v) is 4.55. The molecule has 2 amide bonds. The zero-order valence-electron chi connectivity index (χ0n) is 15.3. The first kappa shape index (κ1) is 18.0. The largest absolute Gasteiger partial charge is 0.349 e. The van der Waals surface area contributed by atoms with E-state index >= 15 is 0 Å². The standard InChI is InChI=1S/C22H22N2O2S/c1-14-6-8-15(9-7-14)12-20-22(26)24-18-13-16(10-11-19(18)27-20)21(25)23-17-4-2-3-5-17/h6-13,17,19H,2-5H2,1H3,(H,23,25)/b20-12+. The summed E-state index contributed by atoms with van der Waals surface area (Å²) < 4.78 is 0. The molecular formula is C22H22N2O2S. The van der Waals surface area contributed by atoms with Gasteiger partial charge in [-0.15, -0.1) is 11.8 Å². The molecule has 0 radical (unpaired) electrons. The molecule has 1 unspecified atom stereocenters. The first-order chi connectivity index (χ1) is 13.1. The minimum absolute atomic E-state index is 0.0255. The first-order valence-electron chi connectivity index (χ1n) is 9.37. The summed E-state index contributed by atoms with van der Waals surface area (Å²) in [4.78, 5) is 29.8. The quantitative estimate of drug-likeness (QED) is 0.810. The van der Waals surface area contributed by atoms with Crippen LogP contribution in [-0.2, 0) is 9.59 Å². The van der Waals surface area contributed by atoms with Crippen molar-refractivity contribution in [1.82, 2.24) is 5.32 Å². The lowest BCUT2D eigenvalue weighted by atomic mass is 10.0. The number of aryl methyl sites for hydroxylation is 1. The summed E-state index contributed by atoms with van der Waals surface area (Å²) >= 11 is 1.49. The van der Waals surface area contributed by atoms with Crippen LogP contribution in [0.5, 0.6) is 0 Å². The Hall–Kier alpha value is -2.40. The van der Waals surface area contributed by atoms with Gasteiger partial charge in [-0.25, -0.2) is 4.99 Å². The molecule has 1 aliphatic heterocycles. The molecule has 1 aromatic carbocycles. The molecule has 0 aromatic heterocycles. The molecular weight excluding hydrogens is 356 g/mol. The molecule has 27 heavy (non-hydrogen) atoms. The van der Waals surface area contributed by atoms with Crippen LogP contribution in [0.15, 0.2) is 58.0 Å². The van der Waals surface area contributed by atoms with Crippen molar-refractivity contribution in [3.05, 3.63) is 64.1 Å². The van der Waals surface area contributed by atoms with E-state index in [2.05, 4.69) is 10.3 Å². The fourth-order valence-electron chi connectivity index (χ4n) is 3.52. The third kappa shape index (κ3) is 4.14. The summed E-state index contributed by atoms with van der Waals surface area (Å²) in [5, 5.41) is 3.06. The Bertz CT molecular complexity index is 887. The van der Waals surface area contributed by atoms with Crippen LogP contribution in [-0.4, -0.2) is 28.8 Å². The number of rotatable bonds is 3. The number of aliphatic imine (C=N–C) groups is 1. The van der Waals surface area contributed by atoms with Gasteiger partial charge in [0.05, 0.1) is 15.9 Å². The minimum atomic E-state index is -0.242. The first-order valence-corrected chi connectivity index (χ1v) is 10.3. The van der Waals surface area contributed by atoms with Crippen LogP contribution in [0, 0.1) is 6.92 Å². The Balaban J connectivity index is 1.51. The third-order valence-electron chi connectivity index (χ3n) is 5.07. The van der Waals surface area contributed by atoms with Crippen LogP contribution in [0.1, 0.15) is 36.8 Å². The second kappa shape index (κ2) is 7.69. The number of nitrogens with one attached hydrogen (secondary N) is 1. The van der Waals surface area contributed by atoms with Crippen molar-refractivity contribution in [2.45, 2.75) is 43.9 Å². The molecule has 1 saturated carbocycles. The van der Waals surface area contributed by atoms with Crippen molar-refractivity contribution in [3.63, 3.8) is 0 Å². The maximum Gasteiger partial charge on any atom is 0.283 e. The monoisotopic (exact) mass is 378 g/mol. The highest BCUT2D eigenvalue weighted by Gasteiger charge is 2.29. The second-order valence-electron chi connectivity index (χ2n) is 7.21. The number of benzene rings is 1. The highest BCUT2D eigenvalue weighted by molar-refractivity contribution is 8.05. The Morgan fingerprint density at radius 2 is 1.96 bits per heavy atom. The summed E-state index contributed by atoms with van der Waals surface area (Å²) in [5.74, 6) is -0.313. The minimum Gasteiger partial charge on any atom is -0.349 e. The highest BCUT2D eigenvalue weighted by atomic mass is 32.2. The lowest BCUT2D eigenvalue weighted by Gasteiger charge is -2.23. The van der Waals surface area contributed by atoms with E-state index in [4.69, 9.17) is 0 Å². The SMILES string of the molecule is Cc1ccc(/C=C2/SC3C=CC(C(=O)NC4CCCC4)=CC3=NC2=O)cc1. The number of fused-ring (bicyclic) bond motifs is 1. The van der Waals surface area contributed by atoms with E-state index in [0.717, 1.165) is 18.4 Å². The van der Waals surface area contributed by atoms with Crippen molar-refractivity contribution in [3.8, 4) is 0 Å². The Morgan fingerprint density at radius 1 is 1.22 bits per heavy atom. The number of hydrogen-bond acceptors (Lipinski definition) is 3. The molecule has 4 nitrogen and oxygen atoms in total. The van der Waals surface area contributed by atoms with Crippen LogP contribution < -0.4 is 5.32 Å². The molecule has 1 heterocycles. The molecule has 0 saturated heterocycles. The molecule has 1 fully saturated rings.